The highest BCUT2D eigenvalue weighted by molar-refractivity contribution is 7.92. The highest BCUT2D eigenvalue weighted by Gasteiger charge is 2.17. The van der Waals surface area contributed by atoms with Crippen LogP contribution in [-0.4, -0.2) is 27.8 Å². The first kappa shape index (κ1) is 12.5. The van der Waals surface area contributed by atoms with Crippen LogP contribution >= 0.6 is 0 Å². The number of hydrogen-bond acceptors (Lipinski definition) is 4. The van der Waals surface area contributed by atoms with E-state index in [1.165, 1.54) is 13.1 Å². The minimum Gasteiger partial charge on any atom is -0.329 e. The second kappa shape index (κ2) is 4.96. The second-order valence-electron chi connectivity index (χ2n) is 3.23. The third-order valence-electron chi connectivity index (χ3n) is 2.13. The summed E-state index contributed by atoms with van der Waals surface area (Å²) >= 11 is 0. The highest BCUT2D eigenvalue weighted by Crippen LogP contribution is 2.17. The second-order valence-corrected chi connectivity index (χ2v) is 5.35. The lowest BCUT2D eigenvalue weighted by Crippen LogP contribution is -2.31. The van der Waals surface area contributed by atoms with Gasteiger partial charge in [-0.3, -0.25) is 4.31 Å². The first-order chi connectivity index (χ1) is 7.51. The molecule has 0 aromatic heterocycles. The maximum Gasteiger partial charge on any atom is 0.236 e. The topological polar surface area (TPSA) is 87.2 Å². The van der Waals surface area contributed by atoms with Gasteiger partial charge in [0, 0.05) is 13.6 Å². The Morgan fingerprint density at radius 1 is 1.50 bits per heavy atom. The fourth-order valence-electron chi connectivity index (χ4n) is 1.22. The molecule has 0 heterocycles. The molecule has 2 N–H and O–H groups in total. The van der Waals surface area contributed by atoms with Gasteiger partial charge >= 0.3 is 0 Å². The number of nitrogens with two attached hydrogens (primary N) is 1. The van der Waals surface area contributed by atoms with Crippen LogP contribution in [0.2, 0.25) is 0 Å². The van der Waals surface area contributed by atoms with Crippen LogP contribution in [0.3, 0.4) is 0 Å². The van der Waals surface area contributed by atoms with Crippen LogP contribution < -0.4 is 10.0 Å². The molecule has 0 aliphatic heterocycles. The van der Waals surface area contributed by atoms with E-state index in [1.807, 2.05) is 6.07 Å². The number of anilines is 1. The van der Waals surface area contributed by atoms with Gasteiger partial charge in [0.25, 0.3) is 0 Å². The van der Waals surface area contributed by atoms with Crippen LogP contribution in [-0.2, 0) is 10.0 Å². The number of nitriles is 1. The molecule has 5 nitrogen and oxygen atoms in total. The van der Waals surface area contributed by atoms with Crippen LogP contribution in [0.4, 0.5) is 5.69 Å². The van der Waals surface area contributed by atoms with Crippen LogP contribution in [0.1, 0.15) is 5.56 Å². The molecule has 0 atom stereocenters. The third kappa shape index (κ3) is 2.72. The minimum absolute atomic E-state index is 0.0740. The van der Waals surface area contributed by atoms with Gasteiger partial charge in [0.15, 0.2) is 0 Å². The highest BCUT2D eigenvalue weighted by atomic mass is 32.2. The quantitative estimate of drug-likeness (QED) is 0.817. The average Bonchev–Trinajstić information content (AvgIpc) is 2.28. The van der Waals surface area contributed by atoms with E-state index in [4.69, 9.17) is 11.0 Å². The molecule has 0 aliphatic rings. The van der Waals surface area contributed by atoms with Crippen molar-refractivity contribution < 1.29 is 8.42 Å². The van der Waals surface area contributed by atoms with Crippen LogP contribution in [0, 0.1) is 11.3 Å². The van der Waals surface area contributed by atoms with E-state index in [0.717, 1.165) is 4.31 Å². The number of rotatable bonds is 4. The normalized spacial score (nSPS) is 10.8. The molecular formula is C10H13N3O2S. The van der Waals surface area contributed by atoms with Gasteiger partial charge in [0.05, 0.1) is 23.1 Å². The van der Waals surface area contributed by atoms with Crippen molar-refractivity contribution in [3.8, 4) is 6.07 Å². The molecule has 0 saturated heterocycles. The van der Waals surface area contributed by atoms with Crippen LogP contribution in [0.5, 0.6) is 0 Å². The summed E-state index contributed by atoms with van der Waals surface area (Å²) in [7, 11) is -1.94. The Bertz CT molecular complexity index is 505. The number of benzene rings is 1. The third-order valence-corrected chi connectivity index (χ3v) is 3.93. The zero-order valence-electron chi connectivity index (χ0n) is 8.92. The lowest BCUT2D eigenvalue weighted by Gasteiger charge is -2.18. The van der Waals surface area contributed by atoms with Gasteiger partial charge in [0.2, 0.25) is 10.0 Å². The molecule has 16 heavy (non-hydrogen) atoms. The average molecular weight is 239 g/mol. The zero-order chi connectivity index (χ0) is 12.2. The molecule has 86 valence electrons. The molecule has 1 rings (SSSR count). The Hall–Kier alpha value is -1.58. The minimum atomic E-state index is -3.39. The smallest absolute Gasteiger partial charge is 0.236 e. The van der Waals surface area contributed by atoms with Crippen LogP contribution in [0.15, 0.2) is 24.3 Å². The summed E-state index contributed by atoms with van der Waals surface area (Å²) in [5.41, 5.74) is 6.12. The van der Waals surface area contributed by atoms with Crippen molar-refractivity contribution in [3.05, 3.63) is 29.8 Å². The summed E-state index contributed by atoms with van der Waals surface area (Å²) in [6, 6.07) is 8.37. The van der Waals surface area contributed by atoms with Gasteiger partial charge in [-0.1, -0.05) is 6.07 Å². The first-order valence-corrected chi connectivity index (χ1v) is 6.29. The Kier molecular flexibility index (Phi) is 3.88. The van der Waals surface area contributed by atoms with Gasteiger partial charge in [0.1, 0.15) is 0 Å². The van der Waals surface area contributed by atoms with Crippen molar-refractivity contribution in [1.82, 2.24) is 0 Å². The largest absolute Gasteiger partial charge is 0.329 e. The zero-order valence-corrected chi connectivity index (χ0v) is 9.74. The fourth-order valence-corrected chi connectivity index (χ4v) is 2.22. The van der Waals surface area contributed by atoms with Crippen molar-refractivity contribution in [1.29, 1.82) is 5.26 Å². The summed E-state index contributed by atoms with van der Waals surface area (Å²) in [5.74, 6) is -0.111. The SMILES string of the molecule is CN(c1cccc(C#N)c1)S(=O)(=O)CCN. The fraction of sp³-hybridized carbons (Fsp3) is 0.300. The molecule has 0 aliphatic carbocycles. The van der Waals surface area contributed by atoms with Crippen molar-refractivity contribution in [2.75, 3.05) is 23.7 Å². The molecule has 0 amide bonds. The Morgan fingerprint density at radius 3 is 2.75 bits per heavy atom. The van der Waals surface area contributed by atoms with E-state index in [-0.39, 0.29) is 12.3 Å². The predicted molar refractivity (Wildman–Crippen MR) is 62.4 cm³/mol. The molecule has 1 aromatic carbocycles. The van der Waals surface area contributed by atoms with E-state index >= 15 is 0 Å². The molecule has 1 aromatic rings. The van der Waals surface area contributed by atoms with E-state index in [0.29, 0.717) is 11.3 Å². The van der Waals surface area contributed by atoms with Crippen molar-refractivity contribution >= 4 is 15.7 Å². The van der Waals surface area contributed by atoms with E-state index in [9.17, 15) is 8.42 Å². The van der Waals surface area contributed by atoms with Gasteiger partial charge in [-0.05, 0) is 18.2 Å². The van der Waals surface area contributed by atoms with Crippen molar-refractivity contribution in [2.24, 2.45) is 5.73 Å². The number of sulfonamides is 1. The predicted octanol–water partition coefficient (Wildman–Crippen LogP) is 0.283. The molecule has 0 spiro atoms. The van der Waals surface area contributed by atoms with Gasteiger partial charge in [-0.15, -0.1) is 0 Å². The molecule has 0 radical (unpaired) electrons. The summed E-state index contributed by atoms with van der Waals surface area (Å²) in [5, 5.41) is 8.71. The Labute approximate surface area is 95.1 Å². The van der Waals surface area contributed by atoms with Gasteiger partial charge < -0.3 is 5.73 Å². The molecule has 0 unspecified atom stereocenters. The Morgan fingerprint density at radius 2 is 2.19 bits per heavy atom. The summed E-state index contributed by atoms with van der Waals surface area (Å²) in [4.78, 5) is 0. The first-order valence-electron chi connectivity index (χ1n) is 4.68. The van der Waals surface area contributed by atoms with E-state index in [2.05, 4.69) is 0 Å². The number of nitrogens with zero attached hydrogens (tertiary/aromatic N) is 2. The van der Waals surface area contributed by atoms with Gasteiger partial charge in [-0.2, -0.15) is 5.26 Å². The summed E-state index contributed by atoms with van der Waals surface area (Å²) in [6.07, 6.45) is 0. The molecule has 6 heteroatoms. The lowest BCUT2D eigenvalue weighted by atomic mass is 10.2. The van der Waals surface area contributed by atoms with E-state index < -0.39 is 10.0 Å². The summed E-state index contributed by atoms with van der Waals surface area (Å²) < 4.78 is 24.5. The summed E-state index contributed by atoms with van der Waals surface area (Å²) in [6.45, 7) is 0.0740. The lowest BCUT2D eigenvalue weighted by molar-refractivity contribution is 0.594. The molecule has 0 bridgehead atoms. The van der Waals surface area contributed by atoms with Crippen molar-refractivity contribution in [3.63, 3.8) is 0 Å². The van der Waals surface area contributed by atoms with Gasteiger partial charge in [-0.25, -0.2) is 8.42 Å². The van der Waals surface area contributed by atoms with Crippen LogP contribution in [0.25, 0.3) is 0 Å². The maximum absolute atomic E-state index is 11.7. The molecule has 0 fully saturated rings. The standard InChI is InChI=1S/C10H13N3O2S/c1-13(16(14,15)6-5-11)10-4-2-3-9(7-10)8-12/h2-4,7H,5-6,11H2,1H3. The molecular weight excluding hydrogens is 226 g/mol. The number of hydrogen-bond donors (Lipinski definition) is 1. The Balaban J connectivity index is 3.06. The van der Waals surface area contributed by atoms with Crippen molar-refractivity contribution in [2.45, 2.75) is 0 Å². The maximum atomic E-state index is 11.7. The van der Waals surface area contributed by atoms with E-state index in [1.54, 1.807) is 18.2 Å². The monoisotopic (exact) mass is 239 g/mol. The molecule has 0 saturated carbocycles.